The normalized spacial score (nSPS) is 14.4. The Hall–Kier alpha value is -4.22. The van der Waals surface area contributed by atoms with Gasteiger partial charge in [-0.15, -0.1) is 16.4 Å². The molecule has 1 saturated heterocycles. The number of benzene rings is 2. The lowest BCUT2D eigenvalue weighted by atomic mass is 9.94. The largest absolute Gasteiger partial charge is 0.445 e. The van der Waals surface area contributed by atoms with Crippen molar-refractivity contribution < 1.29 is 23.9 Å². The number of morpholine rings is 1. The van der Waals surface area contributed by atoms with E-state index in [1.165, 1.54) is 0 Å². The Kier molecular flexibility index (Phi) is 8.60. The summed E-state index contributed by atoms with van der Waals surface area (Å²) in [5, 5.41) is 10.8. The molecule has 11 heteroatoms. The lowest BCUT2D eigenvalue weighted by Gasteiger charge is -2.28. The number of carbonyl (C=O) groups excluding carboxylic acids is 3. The number of nitrogens with one attached hydrogen (secondary N) is 2. The van der Waals surface area contributed by atoms with Crippen LogP contribution in [0.4, 0.5) is 16.3 Å². The molecule has 3 heterocycles. The van der Waals surface area contributed by atoms with Crippen molar-refractivity contribution in [3.63, 3.8) is 0 Å². The van der Waals surface area contributed by atoms with E-state index >= 15 is 0 Å². The SMILES string of the molecule is CCC(C)OC(=O)n1nc(NC(=O)c2ccc(N3CCOCC3)cc2)c2cc(C(=O)NC(C)(C)c3ccccc3)sc21. The van der Waals surface area contributed by atoms with Gasteiger partial charge in [0.25, 0.3) is 11.8 Å². The maximum atomic E-state index is 13.4. The maximum Gasteiger partial charge on any atom is 0.436 e. The van der Waals surface area contributed by atoms with E-state index in [0.717, 1.165) is 40.4 Å². The fraction of sp³-hybridized carbons (Fsp3) is 0.355. The molecule has 5 rings (SSSR count). The van der Waals surface area contributed by atoms with E-state index in [0.29, 0.717) is 40.3 Å². The number of thiophene rings is 1. The number of fused-ring (bicyclic) bond motifs is 1. The average Bonchev–Trinajstić information content (AvgIpc) is 3.58. The second-order valence-electron chi connectivity index (χ2n) is 10.7. The number of hydrogen-bond acceptors (Lipinski definition) is 8. The smallest absolute Gasteiger partial charge is 0.436 e. The third-order valence-corrected chi connectivity index (χ3v) is 8.40. The van der Waals surface area contributed by atoms with Crippen LogP contribution in [-0.2, 0) is 15.0 Å². The summed E-state index contributed by atoms with van der Waals surface area (Å²) in [6.45, 7) is 10.5. The van der Waals surface area contributed by atoms with E-state index in [4.69, 9.17) is 9.47 Å². The Bertz CT molecular complexity index is 1570. The third kappa shape index (κ3) is 6.32. The van der Waals surface area contributed by atoms with E-state index < -0.39 is 11.6 Å². The lowest BCUT2D eigenvalue weighted by Crippen LogP contribution is -2.40. The number of amides is 2. The van der Waals surface area contributed by atoms with Crippen molar-refractivity contribution in [1.29, 1.82) is 0 Å². The molecule has 0 bridgehead atoms. The molecule has 2 aromatic heterocycles. The number of ether oxygens (including phenoxy) is 2. The van der Waals surface area contributed by atoms with Crippen LogP contribution in [-0.4, -0.2) is 60.1 Å². The van der Waals surface area contributed by atoms with Gasteiger partial charge in [0.1, 0.15) is 10.9 Å². The Morgan fingerprint density at radius 1 is 1.05 bits per heavy atom. The second-order valence-corrected chi connectivity index (χ2v) is 11.8. The van der Waals surface area contributed by atoms with Crippen molar-refractivity contribution in [2.45, 2.75) is 45.8 Å². The van der Waals surface area contributed by atoms with Crippen LogP contribution in [0.2, 0.25) is 0 Å². The summed E-state index contributed by atoms with van der Waals surface area (Å²) in [6.07, 6.45) is -0.371. The molecule has 1 fully saturated rings. The number of aromatic nitrogens is 2. The molecule has 0 spiro atoms. The van der Waals surface area contributed by atoms with E-state index in [2.05, 4.69) is 20.6 Å². The average molecular weight is 590 g/mol. The molecule has 42 heavy (non-hydrogen) atoms. The molecule has 0 saturated carbocycles. The van der Waals surface area contributed by atoms with Gasteiger partial charge in [-0.05, 0) is 63.1 Å². The first-order valence-electron chi connectivity index (χ1n) is 14.0. The standard InChI is InChI=1S/C31H35N5O5S/c1-5-20(2)41-30(39)36-29-24(19-25(42-29)28(38)33-31(3,4)22-9-7-6-8-10-22)26(34-36)32-27(37)21-11-13-23(14-12-21)35-15-17-40-18-16-35/h6-14,19-20H,5,15-18H2,1-4H3,(H,33,38)(H,32,34,37). The molecule has 0 aliphatic carbocycles. The maximum absolute atomic E-state index is 13.4. The van der Waals surface area contributed by atoms with Crippen molar-refractivity contribution in [3.8, 4) is 0 Å². The molecule has 2 N–H and O–H groups in total. The highest BCUT2D eigenvalue weighted by atomic mass is 32.1. The minimum atomic E-state index is -0.678. The monoisotopic (exact) mass is 589 g/mol. The Morgan fingerprint density at radius 2 is 1.74 bits per heavy atom. The zero-order valence-electron chi connectivity index (χ0n) is 24.2. The van der Waals surface area contributed by atoms with E-state index in [1.807, 2.05) is 63.2 Å². The van der Waals surface area contributed by atoms with Crippen molar-refractivity contribution >= 4 is 51.0 Å². The first-order valence-corrected chi connectivity index (χ1v) is 14.8. The molecule has 1 atom stereocenters. The van der Waals surface area contributed by atoms with Gasteiger partial charge in [0.15, 0.2) is 5.82 Å². The van der Waals surface area contributed by atoms with Gasteiger partial charge in [-0.1, -0.05) is 37.3 Å². The summed E-state index contributed by atoms with van der Waals surface area (Å²) >= 11 is 1.11. The molecule has 1 unspecified atom stereocenters. The van der Waals surface area contributed by atoms with Gasteiger partial charge in [-0.25, -0.2) is 4.79 Å². The molecular formula is C31H35N5O5S. The van der Waals surface area contributed by atoms with Crippen molar-refractivity contribution in [1.82, 2.24) is 15.1 Å². The highest BCUT2D eigenvalue weighted by Crippen LogP contribution is 2.33. The quantitative estimate of drug-likeness (QED) is 0.274. The third-order valence-electron chi connectivity index (χ3n) is 7.29. The van der Waals surface area contributed by atoms with Gasteiger partial charge in [-0.2, -0.15) is 4.68 Å². The van der Waals surface area contributed by atoms with Crippen LogP contribution in [0.3, 0.4) is 0 Å². The van der Waals surface area contributed by atoms with Gasteiger partial charge < -0.3 is 25.0 Å². The van der Waals surface area contributed by atoms with Crippen molar-refractivity contribution in [2.75, 3.05) is 36.5 Å². The summed E-state index contributed by atoms with van der Waals surface area (Å²) in [6, 6.07) is 18.6. The van der Waals surface area contributed by atoms with Crippen LogP contribution in [0, 0.1) is 0 Å². The summed E-state index contributed by atoms with van der Waals surface area (Å²) in [7, 11) is 0. The summed E-state index contributed by atoms with van der Waals surface area (Å²) in [5.41, 5.74) is 1.77. The van der Waals surface area contributed by atoms with Gasteiger partial charge in [0.05, 0.1) is 29.0 Å². The van der Waals surface area contributed by atoms with Crippen molar-refractivity contribution in [3.05, 3.63) is 76.7 Å². The fourth-order valence-electron chi connectivity index (χ4n) is 4.64. The fourth-order valence-corrected chi connectivity index (χ4v) is 5.63. The highest BCUT2D eigenvalue weighted by Gasteiger charge is 2.28. The van der Waals surface area contributed by atoms with Crippen LogP contribution in [0.1, 0.15) is 59.7 Å². The number of anilines is 2. The minimum absolute atomic E-state index is 0.172. The lowest BCUT2D eigenvalue weighted by molar-refractivity contribution is 0.0915. The molecule has 2 aromatic carbocycles. The minimum Gasteiger partial charge on any atom is -0.445 e. The second kappa shape index (κ2) is 12.3. The number of hydrogen-bond donors (Lipinski definition) is 2. The predicted molar refractivity (Wildman–Crippen MR) is 164 cm³/mol. The van der Waals surface area contributed by atoms with E-state index in [-0.39, 0.29) is 23.7 Å². The topological polar surface area (TPSA) is 115 Å². The number of nitrogens with zero attached hydrogens (tertiary/aromatic N) is 3. The molecule has 1 aliphatic heterocycles. The van der Waals surface area contributed by atoms with Crippen LogP contribution in [0.5, 0.6) is 0 Å². The van der Waals surface area contributed by atoms with Gasteiger partial charge >= 0.3 is 6.09 Å². The molecule has 4 aromatic rings. The molecule has 0 radical (unpaired) electrons. The molecule has 10 nitrogen and oxygen atoms in total. The predicted octanol–water partition coefficient (Wildman–Crippen LogP) is 5.64. The molecule has 1 aliphatic rings. The first-order chi connectivity index (χ1) is 20.2. The van der Waals surface area contributed by atoms with E-state index in [9.17, 15) is 14.4 Å². The highest BCUT2D eigenvalue weighted by molar-refractivity contribution is 7.20. The zero-order chi connectivity index (χ0) is 29.9. The Labute approximate surface area is 248 Å². The van der Waals surface area contributed by atoms with Crippen LogP contribution in [0.15, 0.2) is 60.7 Å². The summed E-state index contributed by atoms with van der Waals surface area (Å²) in [4.78, 5) is 42.6. The van der Waals surface area contributed by atoms with Gasteiger partial charge in [0.2, 0.25) is 0 Å². The van der Waals surface area contributed by atoms with Crippen molar-refractivity contribution in [2.24, 2.45) is 0 Å². The van der Waals surface area contributed by atoms with E-state index in [1.54, 1.807) is 25.1 Å². The van der Waals surface area contributed by atoms with Gasteiger partial charge in [0, 0.05) is 24.3 Å². The van der Waals surface area contributed by atoms with Crippen LogP contribution in [0.25, 0.3) is 10.2 Å². The first kappa shape index (κ1) is 29.3. The van der Waals surface area contributed by atoms with Gasteiger partial charge in [-0.3, -0.25) is 9.59 Å². The zero-order valence-corrected chi connectivity index (χ0v) is 25.0. The molecule has 2 amide bonds. The van der Waals surface area contributed by atoms with Crippen LogP contribution >= 0.6 is 11.3 Å². The summed E-state index contributed by atoms with van der Waals surface area (Å²) in [5.74, 6) is -0.512. The Balaban J connectivity index is 1.42. The molecular weight excluding hydrogens is 554 g/mol. The Morgan fingerprint density at radius 3 is 2.40 bits per heavy atom. The number of carbonyl (C=O) groups is 3. The molecule has 220 valence electrons. The van der Waals surface area contributed by atoms with Crippen LogP contribution < -0.4 is 15.5 Å². The summed E-state index contributed by atoms with van der Waals surface area (Å²) < 4.78 is 12.0. The number of rotatable bonds is 8.